The van der Waals surface area contributed by atoms with Gasteiger partial charge >= 0.3 is 0 Å². The zero-order valence-electron chi connectivity index (χ0n) is 11.8. The molecule has 2 aromatic carbocycles. The lowest BCUT2D eigenvalue weighted by Crippen LogP contribution is -2.04. The highest BCUT2D eigenvalue weighted by atomic mass is 35.5. The summed E-state index contributed by atoms with van der Waals surface area (Å²) in [6.45, 7) is 2.16. The minimum Gasteiger partial charge on any atom is -0.399 e. The summed E-state index contributed by atoms with van der Waals surface area (Å²) in [5.41, 5.74) is 8.30. The van der Waals surface area contributed by atoms with Gasteiger partial charge in [0, 0.05) is 16.8 Å². The van der Waals surface area contributed by atoms with Crippen molar-refractivity contribution in [1.82, 2.24) is 0 Å². The number of nitrogens with two attached hydrogens (primary N) is 1. The third-order valence-corrected chi connectivity index (χ3v) is 4.13. The van der Waals surface area contributed by atoms with Crippen molar-refractivity contribution in [2.75, 3.05) is 5.73 Å². The highest BCUT2D eigenvalue weighted by molar-refractivity contribution is 6.44. The molecule has 0 fully saturated rings. The van der Waals surface area contributed by atoms with Gasteiger partial charge in [-0.15, -0.1) is 0 Å². The molecule has 110 valence electrons. The summed E-state index contributed by atoms with van der Waals surface area (Å²) < 4.78 is 0. The van der Waals surface area contributed by atoms with E-state index < -0.39 is 0 Å². The number of halogens is 2. The first-order valence-electron chi connectivity index (χ1n) is 6.91. The van der Waals surface area contributed by atoms with E-state index >= 15 is 0 Å². The number of carbonyl (C=O) groups excluding carboxylic acids is 1. The Bertz CT molecular complexity index is 651. The van der Waals surface area contributed by atoms with Crippen molar-refractivity contribution in [2.24, 2.45) is 0 Å². The lowest BCUT2D eigenvalue weighted by atomic mass is 10.00. The van der Waals surface area contributed by atoms with Crippen LogP contribution in [0.2, 0.25) is 10.0 Å². The zero-order valence-corrected chi connectivity index (χ0v) is 13.3. The summed E-state index contributed by atoms with van der Waals surface area (Å²) in [5.74, 6) is -0.170. The van der Waals surface area contributed by atoms with Crippen LogP contribution in [-0.4, -0.2) is 5.78 Å². The van der Waals surface area contributed by atoms with Gasteiger partial charge in [-0.05, 0) is 30.5 Å². The maximum absolute atomic E-state index is 12.5. The van der Waals surface area contributed by atoms with Gasteiger partial charge in [0.1, 0.15) is 0 Å². The standard InChI is InChI=1S/C17H17Cl2NO/c1-2-3-4-11-5-7-12(8-6-11)17(21)14-9-13(20)10-15(18)16(14)19/h5-10H,2-4,20H2,1H3. The van der Waals surface area contributed by atoms with Gasteiger partial charge in [-0.1, -0.05) is 60.8 Å². The van der Waals surface area contributed by atoms with Gasteiger partial charge in [-0.2, -0.15) is 0 Å². The predicted octanol–water partition coefficient (Wildman–Crippen LogP) is 5.15. The summed E-state index contributed by atoms with van der Waals surface area (Å²) in [7, 11) is 0. The lowest BCUT2D eigenvalue weighted by Gasteiger charge is -2.08. The molecular formula is C17H17Cl2NO. The molecule has 0 unspecified atom stereocenters. The molecule has 0 aliphatic carbocycles. The average Bonchev–Trinajstić information content (AvgIpc) is 2.48. The molecule has 2 rings (SSSR count). The molecule has 0 atom stereocenters. The summed E-state index contributed by atoms with van der Waals surface area (Å²) in [6.07, 6.45) is 3.32. The van der Waals surface area contributed by atoms with E-state index in [9.17, 15) is 4.79 Å². The first-order chi connectivity index (χ1) is 10.0. The van der Waals surface area contributed by atoms with E-state index in [-0.39, 0.29) is 10.8 Å². The molecule has 0 aliphatic rings. The highest BCUT2D eigenvalue weighted by Crippen LogP contribution is 2.30. The van der Waals surface area contributed by atoms with Gasteiger partial charge in [0.25, 0.3) is 0 Å². The topological polar surface area (TPSA) is 43.1 Å². The Kier molecular flexibility index (Phi) is 5.27. The number of carbonyl (C=O) groups is 1. The number of unbranched alkanes of at least 4 members (excludes halogenated alkanes) is 1. The minimum absolute atomic E-state index is 0.170. The van der Waals surface area contributed by atoms with Gasteiger partial charge in [0.15, 0.2) is 5.78 Å². The Morgan fingerprint density at radius 1 is 1.14 bits per heavy atom. The number of rotatable bonds is 5. The number of nitrogen functional groups attached to an aromatic ring is 1. The third kappa shape index (κ3) is 3.78. The fraction of sp³-hybridized carbons (Fsp3) is 0.235. The number of hydrogen-bond acceptors (Lipinski definition) is 2. The van der Waals surface area contributed by atoms with Crippen molar-refractivity contribution in [2.45, 2.75) is 26.2 Å². The summed E-state index contributed by atoms with van der Waals surface area (Å²) >= 11 is 12.1. The molecule has 2 nitrogen and oxygen atoms in total. The molecule has 2 aromatic rings. The van der Waals surface area contributed by atoms with Crippen LogP contribution in [-0.2, 0) is 6.42 Å². The molecule has 0 radical (unpaired) electrons. The first-order valence-corrected chi connectivity index (χ1v) is 7.66. The number of aryl methyl sites for hydroxylation is 1. The van der Waals surface area contributed by atoms with Crippen LogP contribution in [0.15, 0.2) is 36.4 Å². The molecule has 0 aliphatic heterocycles. The van der Waals surface area contributed by atoms with Crippen LogP contribution in [0, 0.1) is 0 Å². The number of hydrogen-bond donors (Lipinski definition) is 1. The van der Waals surface area contributed by atoms with E-state index in [1.807, 2.05) is 24.3 Å². The highest BCUT2D eigenvalue weighted by Gasteiger charge is 2.16. The van der Waals surface area contributed by atoms with E-state index in [0.29, 0.717) is 21.8 Å². The van der Waals surface area contributed by atoms with Gasteiger partial charge in [-0.25, -0.2) is 0 Å². The van der Waals surface area contributed by atoms with Gasteiger partial charge in [0.2, 0.25) is 0 Å². The van der Waals surface area contributed by atoms with Gasteiger partial charge < -0.3 is 5.73 Å². The Morgan fingerprint density at radius 3 is 2.43 bits per heavy atom. The largest absolute Gasteiger partial charge is 0.399 e. The second-order valence-corrected chi connectivity index (χ2v) is 5.78. The van der Waals surface area contributed by atoms with Crippen molar-refractivity contribution in [1.29, 1.82) is 0 Å². The van der Waals surface area contributed by atoms with Crippen LogP contribution in [0.4, 0.5) is 5.69 Å². The molecule has 0 heterocycles. The van der Waals surface area contributed by atoms with E-state index in [1.165, 1.54) is 11.6 Å². The Labute approximate surface area is 134 Å². The molecule has 0 saturated heterocycles. The van der Waals surface area contributed by atoms with Crippen molar-refractivity contribution in [3.05, 3.63) is 63.1 Å². The predicted molar refractivity (Wildman–Crippen MR) is 89.4 cm³/mol. The van der Waals surface area contributed by atoms with Gasteiger partial charge in [0.05, 0.1) is 10.0 Å². The second-order valence-electron chi connectivity index (χ2n) is 4.99. The first kappa shape index (κ1) is 15.9. The van der Waals surface area contributed by atoms with Crippen LogP contribution in [0.1, 0.15) is 41.3 Å². The molecule has 0 bridgehead atoms. The maximum atomic E-state index is 12.5. The average molecular weight is 322 g/mol. The van der Waals surface area contributed by atoms with E-state index in [0.717, 1.165) is 19.3 Å². The number of benzene rings is 2. The van der Waals surface area contributed by atoms with Crippen LogP contribution in [0.5, 0.6) is 0 Å². The van der Waals surface area contributed by atoms with E-state index in [1.54, 1.807) is 6.07 Å². The number of ketones is 1. The van der Waals surface area contributed by atoms with Crippen LogP contribution in [0.25, 0.3) is 0 Å². The molecular weight excluding hydrogens is 305 g/mol. The lowest BCUT2D eigenvalue weighted by molar-refractivity contribution is 0.103. The minimum atomic E-state index is -0.170. The SMILES string of the molecule is CCCCc1ccc(C(=O)c2cc(N)cc(Cl)c2Cl)cc1. The van der Waals surface area contributed by atoms with Crippen molar-refractivity contribution in [3.63, 3.8) is 0 Å². The fourth-order valence-corrected chi connectivity index (χ4v) is 2.56. The van der Waals surface area contributed by atoms with Crippen molar-refractivity contribution >= 4 is 34.7 Å². The molecule has 0 spiro atoms. The fourth-order valence-electron chi connectivity index (χ4n) is 2.13. The van der Waals surface area contributed by atoms with Crippen LogP contribution >= 0.6 is 23.2 Å². The Morgan fingerprint density at radius 2 is 1.81 bits per heavy atom. The van der Waals surface area contributed by atoms with Crippen molar-refractivity contribution in [3.8, 4) is 0 Å². The Balaban J connectivity index is 2.28. The van der Waals surface area contributed by atoms with E-state index in [2.05, 4.69) is 6.92 Å². The quantitative estimate of drug-likeness (QED) is 0.611. The summed E-state index contributed by atoms with van der Waals surface area (Å²) in [5, 5.41) is 0.533. The maximum Gasteiger partial charge on any atom is 0.194 e. The molecule has 4 heteroatoms. The van der Waals surface area contributed by atoms with Gasteiger partial charge in [-0.3, -0.25) is 4.79 Å². The molecule has 2 N–H and O–H groups in total. The number of anilines is 1. The molecule has 21 heavy (non-hydrogen) atoms. The van der Waals surface area contributed by atoms with Crippen molar-refractivity contribution < 1.29 is 4.79 Å². The summed E-state index contributed by atoms with van der Waals surface area (Å²) in [6, 6.07) is 10.7. The van der Waals surface area contributed by atoms with Crippen LogP contribution in [0.3, 0.4) is 0 Å². The molecule has 0 saturated carbocycles. The monoisotopic (exact) mass is 321 g/mol. The second kappa shape index (κ2) is 6.97. The molecule has 0 aromatic heterocycles. The van der Waals surface area contributed by atoms with Crippen LogP contribution < -0.4 is 5.73 Å². The zero-order chi connectivity index (χ0) is 15.4. The normalized spacial score (nSPS) is 10.6. The van der Waals surface area contributed by atoms with E-state index in [4.69, 9.17) is 28.9 Å². The molecule has 0 amide bonds. The third-order valence-electron chi connectivity index (χ3n) is 3.33. The summed E-state index contributed by atoms with van der Waals surface area (Å²) in [4.78, 5) is 12.5. The Hall–Kier alpha value is -1.51. The smallest absolute Gasteiger partial charge is 0.194 e.